The number of ether oxygens (including phenoxy) is 2. The van der Waals surface area contributed by atoms with Gasteiger partial charge in [-0.1, -0.05) is 0 Å². The maximum atomic E-state index is 8.63. The molecule has 0 aliphatic heterocycles. The van der Waals surface area contributed by atoms with Gasteiger partial charge in [0, 0.05) is 13.2 Å². The lowest BCUT2D eigenvalue weighted by Crippen LogP contribution is -2.08. The highest BCUT2D eigenvalue weighted by Crippen LogP contribution is 2.11. The minimum absolute atomic E-state index is 0.217. The van der Waals surface area contributed by atoms with E-state index < -0.39 is 0 Å². The van der Waals surface area contributed by atoms with Crippen LogP contribution in [-0.4, -0.2) is 47.4 Å². The Morgan fingerprint density at radius 3 is 2.18 bits per heavy atom. The fraction of sp³-hybridized carbons (Fsp3) is 0.700. The van der Waals surface area contributed by atoms with Crippen LogP contribution in [0, 0.1) is 0 Å². The lowest BCUT2D eigenvalue weighted by molar-refractivity contribution is 0.283. The molecule has 2 N–H and O–H groups in total. The molecule has 1 rings (SSSR count). The van der Waals surface area contributed by atoms with E-state index in [-0.39, 0.29) is 18.6 Å². The molecule has 0 radical (unpaired) electrons. The number of hydrogen-bond acceptors (Lipinski definition) is 7. The fourth-order valence-electron chi connectivity index (χ4n) is 1.21. The van der Waals surface area contributed by atoms with Gasteiger partial charge in [0.25, 0.3) is 0 Å². The average Bonchev–Trinajstić information content (AvgIpc) is 2.38. The van der Waals surface area contributed by atoms with Crippen LogP contribution in [-0.2, 0) is 0 Å². The second-order valence-corrected chi connectivity index (χ2v) is 3.34. The van der Waals surface area contributed by atoms with Crippen molar-refractivity contribution in [2.24, 2.45) is 0 Å². The fourth-order valence-corrected chi connectivity index (χ4v) is 1.21. The Kier molecular flexibility index (Phi) is 6.02. The van der Waals surface area contributed by atoms with E-state index in [1.165, 1.54) is 14.2 Å². The highest BCUT2D eigenvalue weighted by atomic mass is 16.5. The molecule has 0 spiro atoms. The minimum Gasteiger partial charge on any atom is -0.467 e. The Morgan fingerprint density at radius 1 is 1.00 bits per heavy atom. The van der Waals surface area contributed by atoms with Gasteiger partial charge >= 0.3 is 12.0 Å². The Balaban J connectivity index is 2.46. The molecule has 0 saturated carbocycles. The van der Waals surface area contributed by atoms with Crippen molar-refractivity contribution < 1.29 is 14.6 Å². The van der Waals surface area contributed by atoms with Crippen molar-refractivity contribution in [2.45, 2.75) is 19.3 Å². The van der Waals surface area contributed by atoms with Crippen molar-refractivity contribution in [3.8, 4) is 12.0 Å². The van der Waals surface area contributed by atoms with Crippen molar-refractivity contribution in [3.05, 3.63) is 0 Å². The molecule has 7 heteroatoms. The molecule has 1 aromatic heterocycles. The second-order valence-electron chi connectivity index (χ2n) is 3.34. The normalized spacial score (nSPS) is 10.1. The molecule has 0 saturated heterocycles. The van der Waals surface area contributed by atoms with Gasteiger partial charge in [-0.2, -0.15) is 9.97 Å². The molecule has 0 aromatic carbocycles. The summed E-state index contributed by atoms with van der Waals surface area (Å²) < 4.78 is 9.85. The van der Waals surface area contributed by atoms with Crippen molar-refractivity contribution in [3.63, 3.8) is 0 Å². The van der Waals surface area contributed by atoms with E-state index in [9.17, 15) is 0 Å². The Hall–Kier alpha value is -1.63. The molecule has 7 nitrogen and oxygen atoms in total. The summed E-state index contributed by atoms with van der Waals surface area (Å²) in [4.78, 5) is 12.0. The molecule has 0 bridgehead atoms. The van der Waals surface area contributed by atoms with Crippen molar-refractivity contribution in [1.82, 2.24) is 15.0 Å². The number of aliphatic hydroxyl groups excluding tert-OH is 1. The van der Waals surface area contributed by atoms with Crippen molar-refractivity contribution >= 4 is 5.95 Å². The smallest absolute Gasteiger partial charge is 0.324 e. The summed E-state index contributed by atoms with van der Waals surface area (Å²) >= 11 is 0. The molecule has 0 atom stereocenters. The first-order valence-electron chi connectivity index (χ1n) is 5.49. The SMILES string of the molecule is COc1nc(NCCCCCO)nc(OC)n1. The third kappa shape index (κ3) is 4.81. The molecule has 96 valence electrons. The van der Waals surface area contributed by atoms with Crippen LogP contribution in [0.3, 0.4) is 0 Å². The van der Waals surface area contributed by atoms with E-state index in [0.29, 0.717) is 5.95 Å². The molecule has 1 heterocycles. The highest BCUT2D eigenvalue weighted by molar-refractivity contribution is 5.27. The quantitative estimate of drug-likeness (QED) is 0.640. The Morgan fingerprint density at radius 2 is 1.65 bits per heavy atom. The van der Waals surface area contributed by atoms with Crippen molar-refractivity contribution in [2.75, 3.05) is 32.7 Å². The van der Waals surface area contributed by atoms with Gasteiger partial charge in [0.05, 0.1) is 14.2 Å². The summed E-state index contributed by atoms with van der Waals surface area (Å²) in [7, 11) is 2.97. The molecule has 0 aliphatic rings. The Labute approximate surface area is 100 Å². The van der Waals surface area contributed by atoms with Crippen LogP contribution in [0.1, 0.15) is 19.3 Å². The number of nitrogens with zero attached hydrogens (tertiary/aromatic N) is 3. The van der Waals surface area contributed by atoms with Gasteiger partial charge in [-0.3, -0.25) is 0 Å². The van der Waals surface area contributed by atoms with E-state index in [1.807, 2.05) is 0 Å². The lowest BCUT2D eigenvalue weighted by atomic mass is 10.2. The first kappa shape index (κ1) is 13.4. The molecule has 17 heavy (non-hydrogen) atoms. The zero-order chi connectivity index (χ0) is 12.5. The zero-order valence-electron chi connectivity index (χ0n) is 10.1. The maximum Gasteiger partial charge on any atom is 0.324 e. The molecular formula is C10H18N4O3. The standard InChI is InChI=1S/C10H18N4O3/c1-16-9-12-8(13-10(14-9)17-2)11-6-4-3-5-7-15/h15H,3-7H2,1-2H3,(H,11,12,13,14). The van der Waals surface area contributed by atoms with Gasteiger partial charge in [-0.25, -0.2) is 0 Å². The molecular weight excluding hydrogens is 224 g/mol. The summed E-state index contributed by atoms with van der Waals surface area (Å²) in [6.45, 7) is 0.962. The summed E-state index contributed by atoms with van der Waals surface area (Å²) in [5, 5.41) is 11.7. The Bertz CT molecular complexity index is 313. The lowest BCUT2D eigenvalue weighted by Gasteiger charge is -2.06. The first-order chi connectivity index (χ1) is 8.30. The average molecular weight is 242 g/mol. The number of anilines is 1. The first-order valence-corrected chi connectivity index (χ1v) is 5.49. The minimum atomic E-state index is 0.217. The number of aliphatic hydroxyl groups is 1. The van der Waals surface area contributed by atoms with E-state index in [2.05, 4.69) is 20.3 Å². The van der Waals surface area contributed by atoms with Crippen LogP contribution in [0.25, 0.3) is 0 Å². The number of unbranched alkanes of at least 4 members (excludes halogenated alkanes) is 2. The molecule has 0 unspecified atom stereocenters. The number of aromatic nitrogens is 3. The largest absolute Gasteiger partial charge is 0.467 e. The summed E-state index contributed by atoms with van der Waals surface area (Å²) in [6, 6.07) is 0.435. The predicted octanol–water partition coefficient (Wildman–Crippen LogP) is 0.463. The summed E-state index contributed by atoms with van der Waals surface area (Å²) in [6.07, 6.45) is 2.71. The van der Waals surface area contributed by atoms with E-state index in [0.717, 1.165) is 25.8 Å². The van der Waals surface area contributed by atoms with Gasteiger partial charge in [0.15, 0.2) is 0 Å². The predicted molar refractivity (Wildman–Crippen MR) is 62.4 cm³/mol. The zero-order valence-corrected chi connectivity index (χ0v) is 10.1. The van der Waals surface area contributed by atoms with Crippen LogP contribution in [0.4, 0.5) is 5.95 Å². The second kappa shape index (κ2) is 7.61. The van der Waals surface area contributed by atoms with Crippen LogP contribution < -0.4 is 14.8 Å². The van der Waals surface area contributed by atoms with E-state index in [4.69, 9.17) is 14.6 Å². The molecule has 0 amide bonds. The maximum absolute atomic E-state index is 8.63. The number of nitrogens with one attached hydrogen (secondary N) is 1. The molecule has 1 aromatic rings. The van der Waals surface area contributed by atoms with Crippen LogP contribution >= 0.6 is 0 Å². The van der Waals surface area contributed by atoms with E-state index >= 15 is 0 Å². The van der Waals surface area contributed by atoms with Gasteiger partial charge in [0.2, 0.25) is 5.95 Å². The van der Waals surface area contributed by atoms with Crippen LogP contribution in [0.2, 0.25) is 0 Å². The van der Waals surface area contributed by atoms with Gasteiger partial charge in [-0.15, -0.1) is 4.98 Å². The van der Waals surface area contributed by atoms with E-state index in [1.54, 1.807) is 0 Å². The number of methoxy groups -OCH3 is 2. The molecule has 0 fully saturated rings. The van der Waals surface area contributed by atoms with Crippen LogP contribution in [0.15, 0.2) is 0 Å². The number of rotatable bonds is 8. The van der Waals surface area contributed by atoms with Gasteiger partial charge in [-0.05, 0) is 19.3 Å². The summed E-state index contributed by atoms with van der Waals surface area (Å²) in [5.41, 5.74) is 0. The number of hydrogen-bond donors (Lipinski definition) is 2. The summed E-state index contributed by atoms with van der Waals surface area (Å²) in [5.74, 6) is 0.428. The monoisotopic (exact) mass is 242 g/mol. The topological polar surface area (TPSA) is 89.4 Å². The van der Waals surface area contributed by atoms with Crippen LogP contribution in [0.5, 0.6) is 12.0 Å². The van der Waals surface area contributed by atoms with Crippen molar-refractivity contribution in [1.29, 1.82) is 0 Å². The third-order valence-corrected chi connectivity index (χ3v) is 2.08. The van der Waals surface area contributed by atoms with Gasteiger partial charge in [0.1, 0.15) is 0 Å². The molecule has 0 aliphatic carbocycles. The third-order valence-electron chi connectivity index (χ3n) is 2.08. The van der Waals surface area contributed by atoms with Gasteiger partial charge < -0.3 is 19.9 Å². The highest BCUT2D eigenvalue weighted by Gasteiger charge is 2.05.